The maximum Gasteiger partial charge on any atom is 0.282 e. The number of rotatable bonds is 7. The van der Waals surface area contributed by atoms with Crippen molar-refractivity contribution in [2.45, 2.75) is 26.8 Å². The lowest BCUT2D eigenvalue weighted by molar-refractivity contribution is 0.607. The Morgan fingerprint density at radius 2 is 1.76 bits per heavy atom. The lowest BCUT2D eigenvalue weighted by atomic mass is 10.00. The molecule has 208 valence electrons. The summed E-state index contributed by atoms with van der Waals surface area (Å²) < 4.78 is 29.5. The first kappa shape index (κ1) is 26.3. The van der Waals surface area contributed by atoms with E-state index in [2.05, 4.69) is 25.0 Å². The van der Waals surface area contributed by atoms with Crippen LogP contribution in [0.2, 0.25) is 0 Å². The molecule has 0 fully saturated rings. The van der Waals surface area contributed by atoms with E-state index in [-0.39, 0.29) is 5.56 Å². The maximum absolute atomic E-state index is 13.8. The van der Waals surface area contributed by atoms with Gasteiger partial charge in [-0.25, -0.2) is 22.9 Å². The highest BCUT2D eigenvalue weighted by molar-refractivity contribution is 7.92. The molecule has 3 N–H and O–H groups in total. The van der Waals surface area contributed by atoms with Crippen molar-refractivity contribution in [3.8, 4) is 16.8 Å². The lowest BCUT2D eigenvalue weighted by Gasteiger charge is -2.20. The number of para-hydroxylation sites is 1. The number of fused-ring (bicyclic) bond motifs is 2. The molecule has 1 unspecified atom stereocenters. The molecule has 41 heavy (non-hydrogen) atoms. The van der Waals surface area contributed by atoms with Crippen LogP contribution in [0, 0.1) is 13.8 Å². The second-order valence-corrected chi connectivity index (χ2v) is 11.8. The van der Waals surface area contributed by atoms with Crippen molar-refractivity contribution in [2.75, 3.05) is 16.3 Å². The second-order valence-electron chi connectivity index (χ2n) is 10.0. The summed E-state index contributed by atoms with van der Waals surface area (Å²) in [5.41, 5.74) is 5.52. The number of nitrogens with zero attached hydrogens (tertiary/aromatic N) is 5. The monoisotopic (exact) mass is 568 g/mol. The molecule has 0 aliphatic rings. The summed E-state index contributed by atoms with van der Waals surface area (Å²) in [5, 5.41) is 9.03. The molecule has 0 saturated heterocycles. The molecule has 0 bridgehead atoms. The standard InChI is InChI=1S/C29H28N8O3S/c1-17-10-11-20(35-41(4,39)40)14-22(17)23-15-30-26-24(23)27(32-16-31-26)33-19(3)28-34-36-13-12-18(2)25(36)29(38)37(28)21-8-6-5-7-9-21/h5-16,19,35H,1-4H3,(H2,30,31,32,33). The molecule has 6 aromatic rings. The fraction of sp³-hybridized carbons (Fsp3) is 0.172. The van der Waals surface area contributed by atoms with Crippen LogP contribution in [0.15, 0.2) is 78.1 Å². The molecule has 0 saturated carbocycles. The van der Waals surface area contributed by atoms with E-state index in [0.717, 1.165) is 33.9 Å². The molecule has 4 heterocycles. The smallest absolute Gasteiger partial charge is 0.282 e. The highest BCUT2D eigenvalue weighted by Gasteiger charge is 2.22. The molecule has 2 aromatic carbocycles. The highest BCUT2D eigenvalue weighted by Crippen LogP contribution is 2.36. The summed E-state index contributed by atoms with van der Waals surface area (Å²) in [7, 11) is -3.45. The minimum atomic E-state index is -3.45. The third-order valence-electron chi connectivity index (χ3n) is 6.97. The van der Waals surface area contributed by atoms with Gasteiger partial charge in [0.15, 0.2) is 5.82 Å². The van der Waals surface area contributed by atoms with Crippen LogP contribution in [0.4, 0.5) is 11.5 Å². The van der Waals surface area contributed by atoms with Gasteiger partial charge in [-0.05, 0) is 67.8 Å². The molecule has 4 aromatic heterocycles. The molecule has 0 radical (unpaired) electrons. The number of H-pyrrole nitrogens is 1. The average Bonchev–Trinajstić information content (AvgIpc) is 3.53. The van der Waals surface area contributed by atoms with E-state index in [1.165, 1.54) is 6.33 Å². The van der Waals surface area contributed by atoms with Crippen LogP contribution in [0.3, 0.4) is 0 Å². The molecule has 0 aliphatic carbocycles. The highest BCUT2D eigenvalue weighted by atomic mass is 32.2. The first-order valence-electron chi connectivity index (χ1n) is 12.9. The molecule has 11 nitrogen and oxygen atoms in total. The number of nitrogens with one attached hydrogen (secondary N) is 3. The van der Waals surface area contributed by atoms with E-state index in [4.69, 9.17) is 5.10 Å². The van der Waals surface area contributed by atoms with E-state index < -0.39 is 16.1 Å². The van der Waals surface area contributed by atoms with Crippen molar-refractivity contribution >= 4 is 38.1 Å². The average molecular weight is 569 g/mol. The van der Waals surface area contributed by atoms with E-state index in [9.17, 15) is 13.2 Å². The quantitative estimate of drug-likeness (QED) is 0.256. The molecular weight excluding hydrogens is 540 g/mol. The number of hydrogen-bond donors (Lipinski definition) is 3. The first-order chi connectivity index (χ1) is 19.6. The summed E-state index contributed by atoms with van der Waals surface area (Å²) in [6.07, 6.45) is 6.19. The van der Waals surface area contributed by atoms with Gasteiger partial charge in [-0.15, -0.1) is 0 Å². The van der Waals surface area contributed by atoms with Gasteiger partial charge in [-0.1, -0.05) is 24.3 Å². The van der Waals surface area contributed by atoms with Gasteiger partial charge in [0, 0.05) is 23.6 Å². The molecule has 1 atom stereocenters. The van der Waals surface area contributed by atoms with Gasteiger partial charge in [0.2, 0.25) is 10.0 Å². The number of sulfonamides is 1. The van der Waals surface area contributed by atoms with Crippen LogP contribution in [-0.2, 0) is 10.0 Å². The summed E-state index contributed by atoms with van der Waals surface area (Å²) in [6, 6.07) is 16.2. The maximum atomic E-state index is 13.8. The Balaban J connectivity index is 1.48. The number of aryl methyl sites for hydroxylation is 2. The molecule has 0 spiro atoms. The predicted octanol–water partition coefficient (Wildman–Crippen LogP) is 4.58. The SMILES string of the molecule is Cc1ccc(NS(C)(=O)=O)cc1-c1c[nH]c2ncnc(NC(C)c3nn4ccc(C)c4c(=O)n3-c3ccccc3)c12. The Bertz CT molecular complexity index is 2100. The van der Waals surface area contributed by atoms with E-state index in [0.29, 0.717) is 34.2 Å². The van der Waals surface area contributed by atoms with Crippen LogP contribution in [0.1, 0.15) is 29.9 Å². The third kappa shape index (κ3) is 4.82. The fourth-order valence-electron chi connectivity index (χ4n) is 5.08. The van der Waals surface area contributed by atoms with E-state index >= 15 is 0 Å². The minimum Gasteiger partial charge on any atom is -0.360 e. The van der Waals surface area contributed by atoms with Gasteiger partial charge in [0.1, 0.15) is 23.3 Å². The largest absolute Gasteiger partial charge is 0.360 e. The Morgan fingerprint density at radius 1 is 0.976 bits per heavy atom. The normalized spacial score (nSPS) is 12.6. The van der Waals surface area contributed by atoms with Gasteiger partial charge < -0.3 is 10.3 Å². The van der Waals surface area contributed by atoms with E-state index in [1.807, 2.05) is 69.4 Å². The van der Waals surface area contributed by atoms with Gasteiger partial charge >= 0.3 is 0 Å². The third-order valence-corrected chi connectivity index (χ3v) is 7.58. The lowest BCUT2D eigenvalue weighted by Crippen LogP contribution is -2.29. The zero-order valence-corrected chi connectivity index (χ0v) is 23.7. The Labute approximate surface area is 236 Å². The number of benzene rings is 2. The van der Waals surface area contributed by atoms with E-state index in [1.54, 1.807) is 27.4 Å². The van der Waals surface area contributed by atoms with Crippen LogP contribution in [-0.4, -0.2) is 43.8 Å². The van der Waals surface area contributed by atoms with Gasteiger partial charge in [-0.3, -0.25) is 14.1 Å². The topological polar surface area (TPSA) is 139 Å². The number of aromatic amines is 1. The number of hydrogen-bond acceptors (Lipinski definition) is 7. The second kappa shape index (κ2) is 9.89. The van der Waals surface area contributed by atoms with Crippen molar-refractivity contribution in [1.82, 2.24) is 29.1 Å². The molecule has 12 heteroatoms. The predicted molar refractivity (Wildman–Crippen MR) is 160 cm³/mol. The zero-order valence-electron chi connectivity index (χ0n) is 22.9. The van der Waals surface area contributed by atoms with Crippen LogP contribution >= 0.6 is 0 Å². The first-order valence-corrected chi connectivity index (χ1v) is 14.8. The Kier molecular flexibility index (Phi) is 6.34. The summed E-state index contributed by atoms with van der Waals surface area (Å²) in [4.78, 5) is 25.9. The van der Waals surface area contributed by atoms with Crippen molar-refractivity contribution in [1.29, 1.82) is 0 Å². The van der Waals surface area contributed by atoms with Gasteiger partial charge in [0.05, 0.1) is 23.4 Å². The van der Waals surface area contributed by atoms with Gasteiger partial charge in [-0.2, -0.15) is 5.10 Å². The van der Waals surface area contributed by atoms with Crippen molar-refractivity contribution < 1.29 is 8.42 Å². The van der Waals surface area contributed by atoms with Gasteiger partial charge in [0.25, 0.3) is 5.56 Å². The molecular formula is C29H28N8O3S. The molecule has 6 rings (SSSR count). The number of anilines is 2. The van der Waals surface area contributed by atoms with Crippen LogP contribution < -0.4 is 15.6 Å². The fourth-order valence-corrected chi connectivity index (χ4v) is 5.64. The summed E-state index contributed by atoms with van der Waals surface area (Å²) >= 11 is 0. The molecule has 0 aliphatic heterocycles. The zero-order chi connectivity index (χ0) is 28.9. The Hall–Kier alpha value is -4.97. The van der Waals surface area contributed by atoms with Crippen LogP contribution in [0.25, 0.3) is 33.4 Å². The summed E-state index contributed by atoms with van der Waals surface area (Å²) in [6.45, 7) is 5.77. The van der Waals surface area contributed by atoms with Crippen molar-refractivity contribution in [2.24, 2.45) is 0 Å². The van der Waals surface area contributed by atoms with Crippen molar-refractivity contribution in [3.63, 3.8) is 0 Å². The number of aromatic nitrogens is 6. The Morgan fingerprint density at radius 3 is 2.51 bits per heavy atom. The van der Waals surface area contributed by atoms with Crippen LogP contribution in [0.5, 0.6) is 0 Å². The summed E-state index contributed by atoms with van der Waals surface area (Å²) in [5.74, 6) is 1.04. The minimum absolute atomic E-state index is 0.168. The molecule has 0 amide bonds. The van der Waals surface area contributed by atoms with Crippen molar-refractivity contribution in [3.05, 3.63) is 101 Å².